The molecule has 0 aliphatic heterocycles. The second-order valence-electron chi connectivity index (χ2n) is 4.21. The van der Waals surface area contributed by atoms with Gasteiger partial charge in [-0.05, 0) is 25.7 Å². The van der Waals surface area contributed by atoms with Gasteiger partial charge in [-0.25, -0.2) is 13.1 Å². The van der Waals surface area contributed by atoms with Crippen molar-refractivity contribution in [3.05, 3.63) is 0 Å². The molecule has 0 unspecified atom stereocenters. The van der Waals surface area contributed by atoms with E-state index in [9.17, 15) is 13.2 Å². The number of carbonyl (C=O) groups is 1. The van der Waals surface area contributed by atoms with Crippen LogP contribution in [0.4, 0.5) is 0 Å². The summed E-state index contributed by atoms with van der Waals surface area (Å²) in [6, 6.07) is 0. The third kappa shape index (κ3) is 5.47. The number of esters is 1. The first kappa shape index (κ1) is 14.4. The number of carbonyl (C=O) groups excluding carboxylic acids is 1. The van der Waals surface area contributed by atoms with Crippen LogP contribution in [0.25, 0.3) is 0 Å². The first-order valence-electron chi connectivity index (χ1n) is 5.74. The second-order valence-corrected chi connectivity index (χ2v) is 6.14. The van der Waals surface area contributed by atoms with Crippen LogP contribution in [0, 0.1) is 5.92 Å². The van der Waals surface area contributed by atoms with Crippen LogP contribution >= 0.6 is 0 Å². The number of rotatable bonds is 7. The minimum absolute atomic E-state index is 0.129. The molecule has 1 rings (SSSR count). The molecule has 1 aliphatic carbocycles. The fourth-order valence-corrected chi connectivity index (χ4v) is 2.70. The highest BCUT2D eigenvalue weighted by Crippen LogP contribution is 2.26. The Labute approximate surface area is 101 Å². The van der Waals surface area contributed by atoms with E-state index in [-0.39, 0.29) is 30.8 Å². The predicted octanol–water partition coefficient (Wildman–Crippen LogP) is -0.370. The van der Waals surface area contributed by atoms with Crippen molar-refractivity contribution in [2.45, 2.75) is 32.3 Å². The molecule has 0 amide bonds. The summed E-state index contributed by atoms with van der Waals surface area (Å²) in [5.74, 6) is -0.541. The molecule has 0 aromatic heterocycles. The lowest BCUT2D eigenvalue weighted by Crippen LogP contribution is -2.39. The lowest BCUT2D eigenvalue weighted by atomic mass is 9.83. The zero-order valence-corrected chi connectivity index (χ0v) is 10.7. The summed E-state index contributed by atoms with van der Waals surface area (Å²) in [6.45, 7) is 2.26. The number of sulfonamides is 1. The number of nitrogens with one attached hydrogen (secondary N) is 1. The Bertz CT molecular complexity index is 348. The van der Waals surface area contributed by atoms with Crippen LogP contribution < -0.4 is 4.72 Å². The van der Waals surface area contributed by atoms with Gasteiger partial charge in [0.1, 0.15) is 0 Å². The topological polar surface area (TPSA) is 92.7 Å². The van der Waals surface area contributed by atoms with E-state index >= 15 is 0 Å². The maximum absolute atomic E-state index is 11.5. The van der Waals surface area contributed by atoms with Crippen molar-refractivity contribution in [3.63, 3.8) is 0 Å². The van der Waals surface area contributed by atoms with Crippen LogP contribution in [0.1, 0.15) is 26.2 Å². The Kier molecular flexibility index (Phi) is 5.35. The summed E-state index contributed by atoms with van der Waals surface area (Å²) in [7, 11) is -3.42. The van der Waals surface area contributed by atoms with Gasteiger partial charge >= 0.3 is 5.97 Å². The summed E-state index contributed by atoms with van der Waals surface area (Å²) in [5, 5.41) is 9.04. The van der Waals surface area contributed by atoms with Crippen LogP contribution in [-0.2, 0) is 19.6 Å². The molecule has 0 aromatic carbocycles. The number of hydrogen-bond acceptors (Lipinski definition) is 5. The Hall–Kier alpha value is -0.660. The van der Waals surface area contributed by atoms with E-state index in [0.717, 1.165) is 0 Å². The van der Waals surface area contributed by atoms with Crippen molar-refractivity contribution in [3.8, 4) is 0 Å². The normalized spacial score (nSPS) is 24.1. The monoisotopic (exact) mass is 265 g/mol. The number of aliphatic hydroxyl groups excluding tert-OH is 1. The van der Waals surface area contributed by atoms with E-state index in [4.69, 9.17) is 5.11 Å². The van der Waals surface area contributed by atoms with Crippen molar-refractivity contribution in [1.82, 2.24) is 4.72 Å². The Balaban J connectivity index is 2.19. The highest BCUT2D eigenvalue weighted by Gasteiger charge is 2.28. The van der Waals surface area contributed by atoms with Crippen LogP contribution in [-0.4, -0.2) is 44.5 Å². The summed E-state index contributed by atoms with van der Waals surface area (Å²) in [6.07, 6.45) is 0.862. The maximum Gasteiger partial charge on any atom is 0.306 e. The molecule has 0 aromatic rings. The SMILES string of the molecule is CCOC(=O)CCS(=O)(=O)NCC1CC(O)C1. The van der Waals surface area contributed by atoms with Crippen molar-refractivity contribution >= 4 is 16.0 Å². The average Bonchev–Trinajstić information content (AvgIpc) is 2.21. The van der Waals surface area contributed by atoms with Gasteiger partial charge in [0.25, 0.3) is 0 Å². The van der Waals surface area contributed by atoms with Crippen LogP contribution in [0.3, 0.4) is 0 Å². The van der Waals surface area contributed by atoms with Gasteiger partial charge in [-0.3, -0.25) is 4.79 Å². The standard InChI is InChI=1S/C10H19NO5S/c1-2-16-10(13)3-4-17(14,15)11-7-8-5-9(12)6-8/h8-9,11-12H,2-7H2,1H3. The van der Waals surface area contributed by atoms with Crippen LogP contribution in [0.2, 0.25) is 0 Å². The highest BCUT2D eigenvalue weighted by atomic mass is 32.2. The molecule has 0 bridgehead atoms. The maximum atomic E-state index is 11.5. The molecule has 100 valence electrons. The lowest BCUT2D eigenvalue weighted by Gasteiger charge is -2.31. The molecular formula is C10H19NO5S. The average molecular weight is 265 g/mol. The molecule has 0 radical (unpaired) electrons. The Morgan fingerprint density at radius 3 is 2.65 bits per heavy atom. The van der Waals surface area contributed by atoms with Gasteiger partial charge in [0.2, 0.25) is 10.0 Å². The zero-order valence-electron chi connectivity index (χ0n) is 9.89. The smallest absolute Gasteiger partial charge is 0.306 e. The number of hydrogen-bond donors (Lipinski definition) is 2. The van der Waals surface area contributed by atoms with E-state index in [2.05, 4.69) is 9.46 Å². The lowest BCUT2D eigenvalue weighted by molar-refractivity contribution is -0.142. The molecule has 0 heterocycles. The molecule has 7 heteroatoms. The molecule has 6 nitrogen and oxygen atoms in total. The van der Waals surface area contributed by atoms with E-state index in [0.29, 0.717) is 19.4 Å². The van der Waals surface area contributed by atoms with Gasteiger partial charge in [0, 0.05) is 6.54 Å². The summed E-state index contributed by atoms with van der Waals surface area (Å²) in [4.78, 5) is 11.0. The number of ether oxygens (including phenoxy) is 1. The minimum atomic E-state index is -3.42. The van der Waals surface area contributed by atoms with E-state index in [1.807, 2.05) is 0 Å². The highest BCUT2D eigenvalue weighted by molar-refractivity contribution is 7.89. The molecule has 1 aliphatic rings. The number of aliphatic hydroxyl groups is 1. The van der Waals surface area contributed by atoms with E-state index in [1.165, 1.54) is 0 Å². The molecule has 0 spiro atoms. The Morgan fingerprint density at radius 1 is 1.47 bits per heavy atom. The van der Waals surface area contributed by atoms with Crippen molar-refractivity contribution in [1.29, 1.82) is 0 Å². The van der Waals surface area contributed by atoms with E-state index in [1.54, 1.807) is 6.92 Å². The van der Waals surface area contributed by atoms with Gasteiger partial charge in [-0.2, -0.15) is 0 Å². The van der Waals surface area contributed by atoms with Crippen LogP contribution in [0.5, 0.6) is 0 Å². The predicted molar refractivity (Wildman–Crippen MR) is 61.8 cm³/mol. The van der Waals surface area contributed by atoms with Crippen LogP contribution in [0.15, 0.2) is 0 Å². The third-order valence-corrected chi connectivity index (χ3v) is 4.03. The summed E-state index contributed by atoms with van der Waals surface area (Å²) < 4.78 is 30.0. The molecule has 1 saturated carbocycles. The fraction of sp³-hybridized carbons (Fsp3) is 0.900. The molecule has 17 heavy (non-hydrogen) atoms. The van der Waals surface area contributed by atoms with Gasteiger partial charge < -0.3 is 9.84 Å². The molecule has 2 N–H and O–H groups in total. The van der Waals surface area contributed by atoms with Gasteiger partial charge in [0.05, 0.1) is 24.9 Å². The molecule has 0 saturated heterocycles. The molecular weight excluding hydrogens is 246 g/mol. The summed E-state index contributed by atoms with van der Waals surface area (Å²) in [5.41, 5.74) is 0. The third-order valence-electron chi connectivity index (χ3n) is 2.68. The molecule has 0 atom stereocenters. The first-order valence-corrected chi connectivity index (χ1v) is 7.39. The minimum Gasteiger partial charge on any atom is -0.466 e. The second kappa shape index (κ2) is 6.32. The van der Waals surface area contributed by atoms with Gasteiger partial charge in [0.15, 0.2) is 0 Å². The van der Waals surface area contributed by atoms with Gasteiger partial charge in [-0.15, -0.1) is 0 Å². The Morgan fingerprint density at radius 2 is 2.12 bits per heavy atom. The zero-order chi connectivity index (χ0) is 12.9. The molecule has 1 fully saturated rings. The first-order chi connectivity index (χ1) is 7.93. The largest absolute Gasteiger partial charge is 0.466 e. The summed E-state index contributed by atoms with van der Waals surface area (Å²) >= 11 is 0. The van der Waals surface area contributed by atoms with E-state index < -0.39 is 16.0 Å². The van der Waals surface area contributed by atoms with Gasteiger partial charge in [-0.1, -0.05) is 0 Å². The fourth-order valence-electron chi connectivity index (χ4n) is 1.64. The van der Waals surface area contributed by atoms with Crippen molar-refractivity contribution < 1.29 is 23.1 Å². The quantitative estimate of drug-likeness (QED) is 0.613. The van der Waals surface area contributed by atoms with Crippen molar-refractivity contribution in [2.75, 3.05) is 18.9 Å². The van der Waals surface area contributed by atoms with Crippen molar-refractivity contribution in [2.24, 2.45) is 5.92 Å².